The van der Waals surface area contributed by atoms with Crippen molar-refractivity contribution >= 4 is 11.8 Å². The summed E-state index contributed by atoms with van der Waals surface area (Å²) in [7, 11) is 0. The van der Waals surface area contributed by atoms with Crippen LogP contribution in [0, 0.1) is 5.92 Å². The highest BCUT2D eigenvalue weighted by Gasteiger charge is 2.22. The zero-order valence-corrected chi connectivity index (χ0v) is 15.0. The summed E-state index contributed by atoms with van der Waals surface area (Å²) in [5.41, 5.74) is 0.162. The molecular formula is C16H30N4S. The van der Waals surface area contributed by atoms with Crippen LogP contribution in [0.2, 0.25) is 0 Å². The third-order valence-corrected chi connectivity index (χ3v) is 5.44. The first kappa shape index (κ1) is 16.8. The SMILES string of the molecule is CC(C)C(CNC(C)(C)C)Sc1nnc2n1CCCCC2. The first-order chi connectivity index (χ1) is 9.87. The van der Waals surface area contributed by atoms with E-state index in [-0.39, 0.29) is 5.54 Å². The molecule has 5 heteroatoms. The summed E-state index contributed by atoms with van der Waals surface area (Å²) < 4.78 is 2.35. The Hall–Kier alpha value is -0.550. The third-order valence-electron chi connectivity index (χ3n) is 3.91. The predicted molar refractivity (Wildman–Crippen MR) is 89.8 cm³/mol. The lowest BCUT2D eigenvalue weighted by Gasteiger charge is -2.27. The van der Waals surface area contributed by atoms with Crippen molar-refractivity contribution in [2.75, 3.05) is 6.54 Å². The van der Waals surface area contributed by atoms with Crippen molar-refractivity contribution in [3.63, 3.8) is 0 Å². The van der Waals surface area contributed by atoms with Crippen molar-refractivity contribution in [2.45, 2.75) is 82.8 Å². The van der Waals surface area contributed by atoms with Crippen LogP contribution in [0.5, 0.6) is 0 Å². The molecule has 2 heterocycles. The second-order valence-electron chi connectivity index (χ2n) is 7.39. The van der Waals surface area contributed by atoms with Gasteiger partial charge in [-0.25, -0.2) is 0 Å². The van der Waals surface area contributed by atoms with Gasteiger partial charge in [0.1, 0.15) is 5.82 Å². The first-order valence-electron chi connectivity index (χ1n) is 8.20. The fraction of sp³-hybridized carbons (Fsp3) is 0.875. The van der Waals surface area contributed by atoms with Gasteiger partial charge in [-0.05, 0) is 39.5 Å². The Morgan fingerprint density at radius 2 is 1.95 bits per heavy atom. The molecule has 0 aromatic carbocycles. The van der Waals surface area contributed by atoms with Crippen molar-refractivity contribution < 1.29 is 0 Å². The maximum absolute atomic E-state index is 4.45. The highest BCUT2D eigenvalue weighted by atomic mass is 32.2. The summed E-state index contributed by atoms with van der Waals surface area (Å²) in [6.07, 6.45) is 4.90. The van der Waals surface area contributed by atoms with Gasteiger partial charge < -0.3 is 9.88 Å². The number of nitrogens with zero attached hydrogens (tertiary/aromatic N) is 3. The molecule has 0 spiro atoms. The predicted octanol–water partition coefficient (Wildman–Crippen LogP) is 3.51. The number of fused-ring (bicyclic) bond motifs is 1. The highest BCUT2D eigenvalue weighted by Crippen LogP contribution is 2.29. The molecule has 1 aromatic heterocycles. The van der Waals surface area contributed by atoms with Gasteiger partial charge in [-0.15, -0.1) is 10.2 Å². The third kappa shape index (κ3) is 4.99. The van der Waals surface area contributed by atoms with Gasteiger partial charge in [-0.2, -0.15) is 0 Å². The Kier molecular flexibility index (Phi) is 5.72. The van der Waals surface area contributed by atoms with E-state index in [0.29, 0.717) is 11.2 Å². The Labute approximate surface area is 133 Å². The van der Waals surface area contributed by atoms with E-state index in [4.69, 9.17) is 0 Å². The minimum absolute atomic E-state index is 0.162. The smallest absolute Gasteiger partial charge is 0.191 e. The molecule has 4 nitrogen and oxygen atoms in total. The van der Waals surface area contributed by atoms with Gasteiger partial charge in [0.2, 0.25) is 0 Å². The quantitative estimate of drug-likeness (QED) is 0.845. The van der Waals surface area contributed by atoms with Crippen molar-refractivity contribution in [3.8, 4) is 0 Å². The summed E-state index contributed by atoms with van der Waals surface area (Å²) in [6.45, 7) is 13.3. The van der Waals surface area contributed by atoms with Gasteiger partial charge in [0.25, 0.3) is 0 Å². The van der Waals surface area contributed by atoms with E-state index >= 15 is 0 Å². The minimum Gasteiger partial charge on any atom is -0.311 e. The molecule has 0 saturated heterocycles. The number of thioether (sulfide) groups is 1. The molecule has 0 fully saturated rings. The maximum atomic E-state index is 4.45. The molecule has 1 N–H and O–H groups in total. The Morgan fingerprint density at radius 1 is 1.19 bits per heavy atom. The zero-order chi connectivity index (χ0) is 15.5. The lowest BCUT2D eigenvalue weighted by atomic mass is 10.1. The fourth-order valence-corrected chi connectivity index (χ4v) is 3.62. The summed E-state index contributed by atoms with van der Waals surface area (Å²) in [6, 6.07) is 0. The molecule has 21 heavy (non-hydrogen) atoms. The molecule has 0 bridgehead atoms. The fourth-order valence-electron chi connectivity index (χ4n) is 2.50. The van der Waals surface area contributed by atoms with E-state index in [9.17, 15) is 0 Å². The summed E-state index contributed by atoms with van der Waals surface area (Å²) in [5.74, 6) is 1.80. The topological polar surface area (TPSA) is 42.7 Å². The molecule has 1 aromatic rings. The van der Waals surface area contributed by atoms with Gasteiger partial charge >= 0.3 is 0 Å². The number of hydrogen-bond donors (Lipinski definition) is 1. The van der Waals surface area contributed by atoms with Crippen LogP contribution < -0.4 is 5.32 Å². The van der Waals surface area contributed by atoms with E-state index in [0.717, 1.165) is 24.7 Å². The molecule has 1 aliphatic heterocycles. The minimum atomic E-state index is 0.162. The molecule has 1 unspecified atom stereocenters. The normalized spacial score (nSPS) is 17.6. The van der Waals surface area contributed by atoms with Crippen molar-refractivity contribution in [3.05, 3.63) is 5.82 Å². The lowest BCUT2D eigenvalue weighted by Crippen LogP contribution is -2.41. The van der Waals surface area contributed by atoms with Crippen molar-refractivity contribution in [1.82, 2.24) is 20.1 Å². The number of aryl methyl sites for hydroxylation is 1. The molecule has 2 rings (SSSR count). The van der Waals surface area contributed by atoms with Gasteiger partial charge in [0, 0.05) is 30.3 Å². The summed E-state index contributed by atoms with van der Waals surface area (Å²) in [4.78, 5) is 0. The lowest BCUT2D eigenvalue weighted by molar-refractivity contribution is 0.407. The van der Waals surface area contributed by atoms with E-state index in [1.165, 1.54) is 25.1 Å². The second kappa shape index (κ2) is 7.14. The standard InChI is InChI=1S/C16H30N4S/c1-12(2)13(11-17-16(3,4)5)21-15-19-18-14-9-7-6-8-10-20(14)15/h12-13,17H,6-11H2,1-5H3. The molecule has 0 amide bonds. The van der Waals surface area contributed by atoms with Crippen LogP contribution in [0.15, 0.2) is 5.16 Å². The van der Waals surface area contributed by atoms with E-state index in [2.05, 4.69) is 54.7 Å². The van der Waals surface area contributed by atoms with Gasteiger partial charge in [0.15, 0.2) is 5.16 Å². The maximum Gasteiger partial charge on any atom is 0.191 e. The average Bonchev–Trinajstić information content (AvgIpc) is 2.61. The molecule has 0 saturated carbocycles. The number of hydrogen-bond acceptors (Lipinski definition) is 4. The van der Waals surface area contributed by atoms with E-state index in [1.54, 1.807) is 0 Å². The second-order valence-corrected chi connectivity index (χ2v) is 8.60. The van der Waals surface area contributed by atoms with Gasteiger partial charge in [-0.3, -0.25) is 0 Å². The number of rotatable bonds is 5. The number of nitrogens with one attached hydrogen (secondary N) is 1. The van der Waals surface area contributed by atoms with Crippen LogP contribution in [0.3, 0.4) is 0 Å². The van der Waals surface area contributed by atoms with Gasteiger partial charge in [-0.1, -0.05) is 32.0 Å². The molecule has 0 radical (unpaired) electrons. The van der Waals surface area contributed by atoms with Crippen LogP contribution in [0.4, 0.5) is 0 Å². The molecule has 0 aliphatic carbocycles. The largest absolute Gasteiger partial charge is 0.311 e. The van der Waals surface area contributed by atoms with Crippen LogP contribution >= 0.6 is 11.8 Å². The van der Waals surface area contributed by atoms with E-state index < -0.39 is 0 Å². The van der Waals surface area contributed by atoms with Crippen LogP contribution in [0.25, 0.3) is 0 Å². The summed E-state index contributed by atoms with van der Waals surface area (Å²) in [5, 5.41) is 14.1. The monoisotopic (exact) mass is 310 g/mol. The molecule has 1 atom stereocenters. The van der Waals surface area contributed by atoms with Crippen LogP contribution in [-0.2, 0) is 13.0 Å². The van der Waals surface area contributed by atoms with Crippen molar-refractivity contribution in [1.29, 1.82) is 0 Å². The average molecular weight is 311 g/mol. The van der Waals surface area contributed by atoms with Crippen LogP contribution in [-0.4, -0.2) is 32.1 Å². The Balaban J connectivity index is 2.05. The molecular weight excluding hydrogens is 280 g/mol. The van der Waals surface area contributed by atoms with E-state index in [1.807, 2.05) is 11.8 Å². The zero-order valence-electron chi connectivity index (χ0n) is 14.1. The van der Waals surface area contributed by atoms with Crippen molar-refractivity contribution in [2.24, 2.45) is 5.92 Å². The number of aromatic nitrogens is 3. The molecule has 120 valence electrons. The van der Waals surface area contributed by atoms with Crippen LogP contribution in [0.1, 0.15) is 59.7 Å². The van der Waals surface area contributed by atoms with Gasteiger partial charge in [0.05, 0.1) is 0 Å². The highest BCUT2D eigenvalue weighted by molar-refractivity contribution is 7.99. The first-order valence-corrected chi connectivity index (χ1v) is 9.08. The summed E-state index contributed by atoms with van der Waals surface area (Å²) >= 11 is 1.89. The Bertz CT molecular complexity index is 448. The molecule has 1 aliphatic rings. The Morgan fingerprint density at radius 3 is 2.62 bits per heavy atom.